The van der Waals surface area contributed by atoms with E-state index in [0.29, 0.717) is 16.6 Å². The van der Waals surface area contributed by atoms with Gasteiger partial charge in [0.15, 0.2) is 5.65 Å². The quantitative estimate of drug-likeness (QED) is 0.830. The number of nitrogens with one attached hydrogen (secondary N) is 1. The van der Waals surface area contributed by atoms with Gasteiger partial charge in [0, 0.05) is 18.1 Å². The molecule has 17 heavy (non-hydrogen) atoms. The molecule has 2 heterocycles. The Hall–Kier alpha value is -1.62. The minimum Gasteiger partial charge on any atom is -0.310 e. The van der Waals surface area contributed by atoms with Crippen LogP contribution in [-0.4, -0.2) is 20.5 Å². The lowest BCUT2D eigenvalue weighted by Crippen LogP contribution is -2.14. The van der Waals surface area contributed by atoms with Gasteiger partial charge in [-0.15, -0.1) is 0 Å². The third-order valence-corrected chi connectivity index (χ3v) is 2.97. The maximum absolute atomic E-state index is 11.6. The molecule has 1 fully saturated rings. The topological polar surface area (TPSA) is 59.3 Å². The number of hydrogen-bond acceptors (Lipinski definition) is 3. The molecule has 0 saturated heterocycles. The number of amides is 1. The molecule has 1 aliphatic rings. The summed E-state index contributed by atoms with van der Waals surface area (Å²) in [7, 11) is 0. The van der Waals surface area contributed by atoms with E-state index in [9.17, 15) is 4.79 Å². The molecule has 3 rings (SSSR count). The first-order valence-electron chi connectivity index (χ1n) is 5.47. The first kappa shape index (κ1) is 10.5. The zero-order chi connectivity index (χ0) is 12.0. The molecule has 1 N–H and O–H groups in total. The van der Waals surface area contributed by atoms with Gasteiger partial charge in [-0.2, -0.15) is 5.10 Å². The van der Waals surface area contributed by atoms with E-state index in [1.807, 2.05) is 13.0 Å². The lowest BCUT2D eigenvalue weighted by Gasteiger charge is -2.04. The number of aryl methyl sites for hydroxylation is 1. The molecule has 6 heteroatoms. The molecule has 0 unspecified atom stereocenters. The van der Waals surface area contributed by atoms with Crippen LogP contribution in [-0.2, 0) is 4.79 Å². The number of aromatic nitrogens is 3. The lowest BCUT2D eigenvalue weighted by atomic mass is 10.4. The second-order valence-corrected chi connectivity index (χ2v) is 4.67. The summed E-state index contributed by atoms with van der Waals surface area (Å²) in [6, 6.07) is 3.43. The number of hydrogen-bond donors (Lipinski definition) is 1. The Morgan fingerprint density at radius 1 is 1.53 bits per heavy atom. The zero-order valence-electron chi connectivity index (χ0n) is 9.27. The molecule has 0 atom stereocenters. The van der Waals surface area contributed by atoms with Crippen LogP contribution in [0.1, 0.15) is 18.5 Å². The molecule has 1 aliphatic carbocycles. The molecule has 0 aromatic carbocycles. The van der Waals surface area contributed by atoms with E-state index in [4.69, 9.17) is 11.6 Å². The monoisotopic (exact) mass is 250 g/mol. The molecule has 88 valence electrons. The van der Waals surface area contributed by atoms with Crippen LogP contribution in [0.3, 0.4) is 0 Å². The summed E-state index contributed by atoms with van der Waals surface area (Å²) in [5.74, 6) is 0.659. The maximum atomic E-state index is 11.6. The van der Waals surface area contributed by atoms with Crippen LogP contribution in [0.4, 0.5) is 5.82 Å². The SMILES string of the molecule is Cc1cc2nc(NC(=O)C3CC3)cc(Cl)n2n1. The summed E-state index contributed by atoms with van der Waals surface area (Å²) in [5, 5.41) is 7.40. The standard InChI is InChI=1S/C11H11ClN4O/c1-6-4-10-13-9(5-8(12)16(10)15-6)14-11(17)7-2-3-7/h4-5,7H,2-3H2,1H3,(H,13,14,17). The van der Waals surface area contributed by atoms with Crippen LogP contribution >= 0.6 is 11.6 Å². The normalized spacial score (nSPS) is 15.2. The predicted octanol–water partition coefficient (Wildman–Crippen LogP) is 2.04. The van der Waals surface area contributed by atoms with Gasteiger partial charge in [-0.3, -0.25) is 4.79 Å². The highest BCUT2D eigenvalue weighted by Gasteiger charge is 2.29. The first-order valence-corrected chi connectivity index (χ1v) is 5.85. The summed E-state index contributed by atoms with van der Waals surface area (Å²) in [4.78, 5) is 15.9. The van der Waals surface area contributed by atoms with Crippen molar-refractivity contribution in [2.75, 3.05) is 5.32 Å². The van der Waals surface area contributed by atoms with Gasteiger partial charge < -0.3 is 5.32 Å². The summed E-state index contributed by atoms with van der Waals surface area (Å²) >= 11 is 6.06. The second kappa shape index (κ2) is 3.70. The Kier molecular flexibility index (Phi) is 2.29. The van der Waals surface area contributed by atoms with E-state index in [1.54, 1.807) is 10.6 Å². The van der Waals surface area contributed by atoms with Crippen LogP contribution in [0, 0.1) is 12.8 Å². The number of halogens is 1. The zero-order valence-corrected chi connectivity index (χ0v) is 10.0. The molecule has 0 spiro atoms. The van der Waals surface area contributed by atoms with E-state index >= 15 is 0 Å². The van der Waals surface area contributed by atoms with Crippen molar-refractivity contribution in [3.05, 3.63) is 23.0 Å². The van der Waals surface area contributed by atoms with Gasteiger partial charge in [0.2, 0.25) is 5.91 Å². The van der Waals surface area contributed by atoms with Crippen molar-refractivity contribution in [1.82, 2.24) is 14.6 Å². The third-order valence-electron chi connectivity index (χ3n) is 2.71. The first-order chi connectivity index (χ1) is 8.13. The van der Waals surface area contributed by atoms with Crippen molar-refractivity contribution in [3.63, 3.8) is 0 Å². The van der Waals surface area contributed by atoms with Gasteiger partial charge in [-0.25, -0.2) is 9.50 Å². The highest BCUT2D eigenvalue weighted by atomic mass is 35.5. The molecule has 0 radical (unpaired) electrons. The minimum atomic E-state index is 0.0224. The third kappa shape index (κ3) is 1.98. The van der Waals surface area contributed by atoms with Crippen LogP contribution in [0.15, 0.2) is 12.1 Å². The Balaban J connectivity index is 1.96. The smallest absolute Gasteiger partial charge is 0.228 e. The number of nitrogens with zero attached hydrogens (tertiary/aromatic N) is 3. The van der Waals surface area contributed by atoms with Gasteiger partial charge in [0.05, 0.1) is 5.69 Å². The van der Waals surface area contributed by atoms with Crippen molar-refractivity contribution < 1.29 is 4.79 Å². The van der Waals surface area contributed by atoms with E-state index in [1.165, 1.54) is 0 Å². The molecule has 1 amide bonds. The van der Waals surface area contributed by atoms with E-state index in [2.05, 4.69) is 15.4 Å². The minimum absolute atomic E-state index is 0.0224. The summed E-state index contributed by atoms with van der Waals surface area (Å²) in [6.07, 6.45) is 1.93. The van der Waals surface area contributed by atoms with Crippen molar-refractivity contribution in [1.29, 1.82) is 0 Å². The maximum Gasteiger partial charge on any atom is 0.228 e. The lowest BCUT2D eigenvalue weighted by molar-refractivity contribution is -0.117. The highest BCUT2D eigenvalue weighted by molar-refractivity contribution is 6.30. The Morgan fingerprint density at radius 2 is 2.29 bits per heavy atom. The van der Waals surface area contributed by atoms with Gasteiger partial charge in [-0.05, 0) is 19.8 Å². The number of anilines is 1. The van der Waals surface area contributed by atoms with Crippen molar-refractivity contribution in [2.45, 2.75) is 19.8 Å². The average Bonchev–Trinajstić information content (AvgIpc) is 3.02. The van der Waals surface area contributed by atoms with Crippen molar-refractivity contribution >= 4 is 29.0 Å². The predicted molar refractivity (Wildman–Crippen MR) is 64.1 cm³/mol. The molecule has 2 aromatic heterocycles. The van der Waals surface area contributed by atoms with Gasteiger partial charge in [-0.1, -0.05) is 11.6 Å². The van der Waals surface area contributed by atoms with Crippen LogP contribution in [0.25, 0.3) is 5.65 Å². The fraction of sp³-hybridized carbons (Fsp3) is 0.364. The summed E-state index contributed by atoms with van der Waals surface area (Å²) in [5.41, 5.74) is 1.48. The van der Waals surface area contributed by atoms with Crippen LogP contribution in [0.5, 0.6) is 0 Å². The second-order valence-electron chi connectivity index (χ2n) is 4.28. The van der Waals surface area contributed by atoms with E-state index in [-0.39, 0.29) is 11.8 Å². The number of rotatable bonds is 2. The largest absolute Gasteiger partial charge is 0.310 e. The fourth-order valence-electron chi connectivity index (χ4n) is 1.69. The number of fused-ring (bicyclic) bond motifs is 1. The Bertz CT molecular complexity index is 603. The van der Waals surface area contributed by atoms with Crippen LogP contribution < -0.4 is 5.32 Å². The van der Waals surface area contributed by atoms with E-state index in [0.717, 1.165) is 18.5 Å². The van der Waals surface area contributed by atoms with Crippen molar-refractivity contribution in [2.24, 2.45) is 5.92 Å². The van der Waals surface area contributed by atoms with E-state index < -0.39 is 0 Å². The van der Waals surface area contributed by atoms with Crippen LogP contribution in [0.2, 0.25) is 5.15 Å². The molecule has 2 aromatic rings. The average molecular weight is 251 g/mol. The molecular formula is C11H11ClN4O. The molecule has 5 nitrogen and oxygen atoms in total. The molecule has 1 saturated carbocycles. The van der Waals surface area contributed by atoms with Crippen molar-refractivity contribution in [3.8, 4) is 0 Å². The number of carbonyl (C=O) groups is 1. The Labute approximate surface area is 103 Å². The number of carbonyl (C=O) groups excluding carboxylic acids is 1. The highest BCUT2D eigenvalue weighted by Crippen LogP contribution is 2.30. The van der Waals surface area contributed by atoms with Gasteiger partial charge >= 0.3 is 0 Å². The Morgan fingerprint density at radius 3 is 3.00 bits per heavy atom. The van der Waals surface area contributed by atoms with Gasteiger partial charge in [0.1, 0.15) is 11.0 Å². The van der Waals surface area contributed by atoms with Gasteiger partial charge in [0.25, 0.3) is 0 Å². The molecule has 0 aliphatic heterocycles. The molecule has 0 bridgehead atoms. The summed E-state index contributed by atoms with van der Waals surface area (Å²) < 4.78 is 1.55. The summed E-state index contributed by atoms with van der Waals surface area (Å²) in [6.45, 7) is 1.87. The molecular weight excluding hydrogens is 240 g/mol. The fourth-order valence-corrected chi connectivity index (χ4v) is 1.92.